The Labute approximate surface area is 179 Å². The van der Waals surface area contributed by atoms with Gasteiger partial charge in [-0.3, -0.25) is 13.9 Å². The molecule has 0 saturated carbocycles. The van der Waals surface area contributed by atoms with Crippen molar-refractivity contribution in [2.45, 2.75) is 39.8 Å². The third-order valence-electron chi connectivity index (χ3n) is 4.89. The van der Waals surface area contributed by atoms with Crippen molar-refractivity contribution in [2.24, 2.45) is 0 Å². The van der Waals surface area contributed by atoms with E-state index in [4.69, 9.17) is 14.2 Å². The van der Waals surface area contributed by atoms with Gasteiger partial charge in [-0.05, 0) is 36.6 Å². The topological polar surface area (TPSA) is 100 Å². The Balaban J connectivity index is 2.10. The van der Waals surface area contributed by atoms with E-state index in [1.165, 1.54) is 4.57 Å². The van der Waals surface area contributed by atoms with Crippen LogP contribution in [0.5, 0.6) is 17.2 Å². The Morgan fingerprint density at radius 2 is 1.55 bits per heavy atom. The number of methoxy groups -OCH3 is 3. The van der Waals surface area contributed by atoms with Gasteiger partial charge in [-0.25, -0.2) is 9.78 Å². The van der Waals surface area contributed by atoms with Crippen LogP contribution in [-0.4, -0.2) is 40.4 Å². The fourth-order valence-corrected chi connectivity index (χ4v) is 3.48. The molecule has 3 aromatic rings. The number of ether oxygens (including phenoxy) is 3. The quantitative estimate of drug-likeness (QED) is 0.562. The maximum Gasteiger partial charge on any atom is 0.332 e. The summed E-state index contributed by atoms with van der Waals surface area (Å²) in [5, 5.41) is 0. The van der Waals surface area contributed by atoms with Crippen LogP contribution in [0.25, 0.3) is 23.3 Å². The van der Waals surface area contributed by atoms with Crippen LogP contribution in [0.15, 0.2) is 21.7 Å². The summed E-state index contributed by atoms with van der Waals surface area (Å²) < 4.78 is 18.9. The van der Waals surface area contributed by atoms with Gasteiger partial charge in [0.2, 0.25) is 5.75 Å². The van der Waals surface area contributed by atoms with E-state index in [0.717, 1.165) is 12.0 Å². The van der Waals surface area contributed by atoms with Crippen LogP contribution >= 0.6 is 0 Å². The average molecular weight is 428 g/mol. The summed E-state index contributed by atoms with van der Waals surface area (Å²) >= 11 is 0. The number of rotatable bonds is 9. The summed E-state index contributed by atoms with van der Waals surface area (Å²) in [5.74, 6) is 2.04. The monoisotopic (exact) mass is 428 g/mol. The zero-order chi connectivity index (χ0) is 22.5. The van der Waals surface area contributed by atoms with E-state index in [1.807, 2.05) is 32.1 Å². The molecule has 31 heavy (non-hydrogen) atoms. The van der Waals surface area contributed by atoms with Crippen molar-refractivity contribution in [1.29, 1.82) is 0 Å². The summed E-state index contributed by atoms with van der Waals surface area (Å²) in [7, 11) is 4.65. The number of aromatic nitrogens is 4. The minimum absolute atomic E-state index is 0.325. The van der Waals surface area contributed by atoms with E-state index in [2.05, 4.69) is 9.97 Å². The standard InChI is InChI=1S/C22H28N4O5/c1-6-10-25-20-18(21(27)26(11-7-2)22(25)28)23-17(24-20)9-8-14-12-15(29-3)19(31-5)16(13-14)30-4/h8-9,12-13H,6-7,10-11H2,1-5H3,(H,23,24)/b9-8+. The molecule has 0 spiro atoms. The molecule has 2 heterocycles. The number of H-pyrrole nitrogens is 1. The van der Waals surface area contributed by atoms with Gasteiger partial charge in [0.15, 0.2) is 17.1 Å². The molecule has 0 aliphatic heterocycles. The Kier molecular flexibility index (Phi) is 6.84. The lowest BCUT2D eigenvalue weighted by Crippen LogP contribution is -2.40. The Hall–Kier alpha value is -3.49. The summed E-state index contributed by atoms with van der Waals surface area (Å²) in [6, 6.07) is 3.61. The van der Waals surface area contributed by atoms with Crippen molar-refractivity contribution < 1.29 is 14.2 Å². The number of imidazole rings is 1. The summed E-state index contributed by atoms with van der Waals surface area (Å²) in [6.45, 7) is 4.76. The number of aryl methyl sites for hydroxylation is 1. The molecule has 1 N–H and O–H groups in total. The molecule has 0 atom stereocenters. The molecule has 2 aromatic heterocycles. The molecular weight excluding hydrogens is 400 g/mol. The van der Waals surface area contributed by atoms with Gasteiger partial charge >= 0.3 is 5.69 Å². The highest BCUT2D eigenvalue weighted by atomic mass is 16.5. The minimum Gasteiger partial charge on any atom is -0.493 e. The van der Waals surface area contributed by atoms with Crippen LogP contribution < -0.4 is 25.5 Å². The number of hydrogen-bond acceptors (Lipinski definition) is 6. The first-order chi connectivity index (χ1) is 15.0. The normalized spacial score (nSPS) is 11.4. The lowest BCUT2D eigenvalue weighted by molar-refractivity contribution is 0.324. The van der Waals surface area contributed by atoms with Crippen molar-refractivity contribution in [3.05, 3.63) is 44.4 Å². The zero-order valence-corrected chi connectivity index (χ0v) is 18.5. The van der Waals surface area contributed by atoms with Crippen molar-refractivity contribution in [2.75, 3.05) is 21.3 Å². The Morgan fingerprint density at radius 3 is 2.10 bits per heavy atom. The fourth-order valence-electron chi connectivity index (χ4n) is 3.48. The molecule has 0 bridgehead atoms. The molecular formula is C22H28N4O5. The van der Waals surface area contributed by atoms with Gasteiger partial charge in [0.1, 0.15) is 11.3 Å². The van der Waals surface area contributed by atoms with Crippen LogP contribution in [0.1, 0.15) is 38.1 Å². The van der Waals surface area contributed by atoms with Crippen molar-refractivity contribution in [1.82, 2.24) is 19.1 Å². The lowest BCUT2D eigenvalue weighted by atomic mass is 10.1. The van der Waals surface area contributed by atoms with E-state index in [0.29, 0.717) is 53.7 Å². The van der Waals surface area contributed by atoms with Crippen LogP contribution in [0, 0.1) is 0 Å². The lowest BCUT2D eigenvalue weighted by Gasteiger charge is -2.12. The molecule has 3 rings (SSSR count). The maximum absolute atomic E-state index is 12.8. The molecule has 0 aliphatic carbocycles. The number of nitrogens with zero attached hydrogens (tertiary/aromatic N) is 3. The maximum atomic E-state index is 12.8. The van der Waals surface area contributed by atoms with Crippen molar-refractivity contribution in [3.63, 3.8) is 0 Å². The van der Waals surface area contributed by atoms with Crippen LogP contribution in [0.3, 0.4) is 0 Å². The van der Waals surface area contributed by atoms with E-state index in [1.54, 1.807) is 32.0 Å². The summed E-state index contributed by atoms with van der Waals surface area (Å²) in [5.41, 5.74) is 0.811. The van der Waals surface area contributed by atoms with Crippen molar-refractivity contribution in [3.8, 4) is 17.2 Å². The van der Waals surface area contributed by atoms with Gasteiger partial charge in [-0.15, -0.1) is 0 Å². The first-order valence-corrected chi connectivity index (χ1v) is 10.2. The molecule has 0 fully saturated rings. The van der Waals surface area contributed by atoms with Crippen LogP contribution in [-0.2, 0) is 13.1 Å². The van der Waals surface area contributed by atoms with Gasteiger partial charge in [0, 0.05) is 13.1 Å². The molecule has 1 aromatic carbocycles. The number of fused-ring (bicyclic) bond motifs is 1. The predicted octanol–water partition coefficient (Wildman–Crippen LogP) is 2.90. The van der Waals surface area contributed by atoms with E-state index >= 15 is 0 Å². The molecule has 0 aliphatic rings. The van der Waals surface area contributed by atoms with Gasteiger partial charge < -0.3 is 19.2 Å². The molecule has 0 saturated heterocycles. The van der Waals surface area contributed by atoms with E-state index in [9.17, 15) is 9.59 Å². The summed E-state index contributed by atoms with van der Waals surface area (Å²) in [6.07, 6.45) is 5.00. The second kappa shape index (κ2) is 9.55. The Bertz CT molecular complexity index is 1190. The third kappa shape index (κ3) is 4.21. The van der Waals surface area contributed by atoms with E-state index in [-0.39, 0.29) is 11.2 Å². The predicted molar refractivity (Wildman–Crippen MR) is 120 cm³/mol. The van der Waals surface area contributed by atoms with Crippen LogP contribution in [0.4, 0.5) is 0 Å². The van der Waals surface area contributed by atoms with Gasteiger partial charge in [-0.2, -0.15) is 0 Å². The molecule has 9 heteroatoms. The highest BCUT2D eigenvalue weighted by molar-refractivity contribution is 5.76. The summed E-state index contributed by atoms with van der Waals surface area (Å²) in [4.78, 5) is 33.2. The van der Waals surface area contributed by atoms with Gasteiger partial charge in [0.05, 0.1) is 21.3 Å². The second-order valence-corrected chi connectivity index (χ2v) is 7.00. The second-order valence-electron chi connectivity index (χ2n) is 7.00. The molecule has 9 nitrogen and oxygen atoms in total. The smallest absolute Gasteiger partial charge is 0.332 e. The number of benzene rings is 1. The zero-order valence-electron chi connectivity index (χ0n) is 18.5. The average Bonchev–Trinajstić information content (AvgIpc) is 3.21. The molecule has 0 unspecified atom stereocenters. The fraction of sp³-hybridized carbons (Fsp3) is 0.409. The Morgan fingerprint density at radius 1 is 0.935 bits per heavy atom. The molecule has 166 valence electrons. The third-order valence-corrected chi connectivity index (χ3v) is 4.89. The highest BCUT2D eigenvalue weighted by Crippen LogP contribution is 2.38. The molecule has 0 radical (unpaired) electrons. The first kappa shape index (κ1) is 22.2. The van der Waals surface area contributed by atoms with Crippen LogP contribution in [0.2, 0.25) is 0 Å². The van der Waals surface area contributed by atoms with E-state index < -0.39 is 0 Å². The number of aromatic amines is 1. The van der Waals surface area contributed by atoms with Gasteiger partial charge in [-0.1, -0.05) is 19.9 Å². The van der Waals surface area contributed by atoms with Crippen molar-refractivity contribution >= 4 is 23.3 Å². The number of hydrogen-bond donors (Lipinski definition) is 1. The van der Waals surface area contributed by atoms with Gasteiger partial charge in [0.25, 0.3) is 5.56 Å². The molecule has 0 amide bonds. The number of nitrogens with one attached hydrogen (secondary N) is 1. The largest absolute Gasteiger partial charge is 0.493 e. The SMILES string of the molecule is CCCn1c(=O)c2[nH]c(/C=C/c3cc(OC)c(OC)c(OC)c3)nc2n(CCC)c1=O. The highest BCUT2D eigenvalue weighted by Gasteiger charge is 2.16. The minimum atomic E-state index is -0.353. The first-order valence-electron chi connectivity index (χ1n) is 10.2.